The highest BCUT2D eigenvalue weighted by atomic mass is 32.2. The third-order valence-corrected chi connectivity index (χ3v) is 8.00. The van der Waals surface area contributed by atoms with E-state index in [4.69, 9.17) is 5.73 Å². The van der Waals surface area contributed by atoms with Gasteiger partial charge in [0.2, 0.25) is 0 Å². The lowest BCUT2D eigenvalue weighted by atomic mass is 9.88. The number of nitrogens with one attached hydrogen (secondary N) is 2. The summed E-state index contributed by atoms with van der Waals surface area (Å²) >= 11 is 1.40. The average molecular weight is 470 g/mol. The fourth-order valence-corrected chi connectivity index (χ4v) is 6.27. The maximum Gasteiger partial charge on any atom is 0.261 e. The number of rotatable bonds is 6. The van der Waals surface area contributed by atoms with Crippen molar-refractivity contribution in [2.24, 2.45) is 11.7 Å². The molecule has 1 heterocycles. The second-order valence-electron chi connectivity index (χ2n) is 7.87. The Morgan fingerprint density at radius 3 is 2.41 bits per heavy atom. The predicted octanol–water partition coefficient (Wildman–Crippen LogP) is 4.02. The van der Waals surface area contributed by atoms with Gasteiger partial charge in [0.25, 0.3) is 21.8 Å². The highest BCUT2D eigenvalue weighted by molar-refractivity contribution is 7.92. The van der Waals surface area contributed by atoms with Crippen LogP contribution in [0.5, 0.6) is 0 Å². The Kier molecular flexibility index (Phi) is 6.03. The molecule has 1 atom stereocenters. The molecule has 1 unspecified atom stereocenters. The number of sulfonamides is 1. The van der Waals surface area contributed by atoms with Crippen LogP contribution in [0, 0.1) is 5.92 Å². The highest BCUT2D eigenvalue weighted by Crippen LogP contribution is 2.39. The number of carbonyl (C=O) groups is 2. The third-order valence-electron chi connectivity index (χ3n) is 5.44. The zero-order chi connectivity index (χ0) is 22.9. The topological polar surface area (TPSA) is 118 Å². The van der Waals surface area contributed by atoms with E-state index in [1.165, 1.54) is 47.7 Å². The Hall–Kier alpha value is -3.17. The standard InChI is InChI=1S/C23H23N3O4S2/c1-14-7-12-18-19(13-14)31-23(20(18)21(24)27)25-22(28)15-8-10-16(11-9-15)26-32(29,30)17-5-3-2-4-6-17/h2-6,8-11,14,26H,7,12-13H2,1H3,(H2,24,27)(H,25,28). The van der Waals surface area contributed by atoms with E-state index in [1.807, 2.05) is 0 Å². The van der Waals surface area contributed by atoms with Gasteiger partial charge in [-0.1, -0.05) is 25.1 Å². The first-order valence-corrected chi connectivity index (χ1v) is 12.5. The van der Waals surface area contributed by atoms with E-state index in [2.05, 4.69) is 17.0 Å². The second kappa shape index (κ2) is 8.76. The molecule has 2 aromatic carbocycles. The summed E-state index contributed by atoms with van der Waals surface area (Å²) in [5, 5.41) is 3.28. The number of anilines is 2. The van der Waals surface area contributed by atoms with Gasteiger partial charge in [0.15, 0.2) is 0 Å². The van der Waals surface area contributed by atoms with Crippen molar-refractivity contribution in [2.75, 3.05) is 10.0 Å². The van der Waals surface area contributed by atoms with Gasteiger partial charge in [0.05, 0.1) is 10.5 Å². The maximum absolute atomic E-state index is 12.8. The Morgan fingerprint density at radius 1 is 1.06 bits per heavy atom. The molecule has 1 aliphatic rings. The van der Waals surface area contributed by atoms with E-state index in [0.717, 1.165) is 29.7 Å². The molecule has 1 aromatic heterocycles. The molecular weight excluding hydrogens is 446 g/mol. The van der Waals surface area contributed by atoms with Crippen molar-refractivity contribution in [2.45, 2.75) is 31.1 Å². The SMILES string of the molecule is CC1CCc2c(sc(NC(=O)c3ccc(NS(=O)(=O)c4ccccc4)cc3)c2C(N)=O)C1. The van der Waals surface area contributed by atoms with Gasteiger partial charge < -0.3 is 11.1 Å². The highest BCUT2D eigenvalue weighted by Gasteiger charge is 2.27. The number of fused-ring (bicyclic) bond motifs is 1. The van der Waals surface area contributed by atoms with Crippen molar-refractivity contribution in [3.05, 3.63) is 76.2 Å². The average Bonchev–Trinajstić information content (AvgIpc) is 3.11. The van der Waals surface area contributed by atoms with Crippen molar-refractivity contribution in [1.82, 2.24) is 0 Å². The van der Waals surface area contributed by atoms with E-state index in [0.29, 0.717) is 27.7 Å². The smallest absolute Gasteiger partial charge is 0.261 e. The molecule has 0 bridgehead atoms. The lowest BCUT2D eigenvalue weighted by Crippen LogP contribution is -2.19. The van der Waals surface area contributed by atoms with Crippen LogP contribution in [0.15, 0.2) is 59.5 Å². The van der Waals surface area contributed by atoms with Crippen LogP contribution in [0.2, 0.25) is 0 Å². The number of thiophene rings is 1. The van der Waals surface area contributed by atoms with E-state index >= 15 is 0 Å². The van der Waals surface area contributed by atoms with Crippen molar-refractivity contribution < 1.29 is 18.0 Å². The number of amides is 2. The molecule has 32 heavy (non-hydrogen) atoms. The van der Waals surface area contributed by atoms with E-state index in [1.54, 1.807) is 18.2 Å². The van der Waals surface area contributed by atoms with Crippen LogP contribution in [0.1, 0.15) is 44.5 Å². The molecule has 2 amide bonds. The number of hydrogen-bond acceptors (Lipinski definition) is 5. The zero-order valence-corrected chi connectivity index (χ0v) is 19.1. The molecule has 9 heteroatoms. The van der Waals surface area contributed by atoms with Crippen molar-refractivity contribution in [1.29, 1.82) is 0 Å². The Labute approximate surface area is 190 Å². The van der Waals surface area contributed by atoms with Crippen LogP contribution in [-0.2, 0) is 22.9 Å². The number of primary amides is 1. The molecule has 4 rings (SSSR count). The molecule has 4 N–H and O–H groups in total. The van der Waals surface area contributed by atoms with Crippen molar-refractivity contribution >= 4 is 43.9 Å². The molecule has 0 saturated carbocycles. The van der Waals surface area contributed by atoms with Gasteiger partial charge in [-0.3, -0.25) is 14.3 Å². The summed E-state index contributed by atoms with van der Waals surface area (Å²) in [5.41, 5.74) is 7.63. The first-order chi connectivity index (χ1) is 15.2. The van der Waals surface area contributed by atoms with Gasteiger partial charge in [-0.2, -0.15) is 0 Å². The van der Waals surface area contributed by atoms with Gasteiger partial charge >= 0.3 is 0 Å². The number of hydrogen-bond donors (Lipinski definition) is 3. The molecule has 0 spiro atoms. The quantitative estimate of drug-likeness (QED) is 0.505. The molecular formula is C23H23N3O4S2. The van der Waals surface area contributed by atoms with Gasteiger partial charge in [-0.05, 0) is 67.1 Å². The second-order valence-corrected chi connectivity index (χ2v) is 10.7. The van der Waals surface area contributed by atoms with Crippen LogP contribution in [0.25, 0.3) is 0 Å². The van der Waals surface area contributed by atoms with Crippen molar-refractivity contribution in [3.63, 3.8) is 0 Å². The fourth-order valence-electron chi connectivity index (χ4n) is 3.78. The molecule has 1 aliphatic carbocycles. The minimum Gasteiger partial charge on any atom is -0.365 e. The Bertz CT molecular complexity index is 1270. The molecule has 0 saturated heterocycles. The molecule has 3 aromatic rings. The maximum atomic E-state index is 12.8. The van der Waals surface area contributed by atoms with Crippen LogP contribution in [0.3, 0.4) is 0 Å². The summed E-state index contributed by atoms with van der Waals surface area (Å²) in [6, 6.07) is 14.1. The largest absolute Gasteiger partial charge is 0.365 e. The summed E-state index contributed by atoms with van der Waals surface area (Å²) < 4.78 is 27.4. The lowest BCUT2D eigenvalue weighted by Gasteiger charge is -2.18. The normalized spacial score (nSPS) is 15.6. The van der Waals surface area contributed by atoms with Crippen LogP contribution < -0.4 is 15.8 Å². The number of carbonyl (C=O) groups excluding carboxylic acids is 2. The Morgan fingerprint density at radius 2 is 1.75 bits per heavy atom. The van der Waals surface area contributed by atoms with E-state index < -0.39 is 21.8 Å². The summed E-state index contributed by atoms with van der Waals surface area (Å²) in [4.78, 5) is 26.1. The van der Waals surface area contributed by atoms with Crippen LogP contribution in [-0.4, -0.2) is 20.2 Å². The molecule has 0 radical (unpaired) electrons. The van der Waals surface area contributed by atoms with Gasteiger partial charge in [-0.15, -0.1) is 11.3 Å². The molecule has 0 fully saturated rings. The minimum atomic E-state index is -3.72. The summed E-state index contributed by atoms with van der Waals surface area (Å²) in [5.74, 6) is -0.410. The fraction of sp³-hybridized carbons (Fsp3) is 0.217. The first-order valence-electron chi connectivity index (χ1n) is 10.2. The molecule has 7 nitrogen and oxygen atoms in total. The monoisotopic (exact) mass is 469 g/mol. The van der Waals surface area contributed by atoms with Crippen LogP contribution in [0.4, 0.5) is 10.7 Å². The van der Waals surface area contributed by atoms with E-state index in [9.17, 15) is 18.0 Å². The van der Waals surface area contributed by atoms with Gasteiger partial charge in [-0.25, -0.2) is 8.42 Å². The van der Waals surface area contributed by atoms with Gasteiger partial charge in [0, 0.05) is 16.1 Å². The summed E-state index contributed by atoms with van der Waals surface area (Å²) in [7, 11) is -3.72. The zero-order valence-electron chi connectivity index (χ0n) is 17.4. The molecule has 0 aliphatic heterocycles. The van der Waals surface area contributed by atoms with Gasteiger partial charge in [0.1, 0.15) is 5.00 Å². The summed E-state index contributed by atoms with van der Waals surface area (Å²) in [6.07, 6.45) is 2.63. The summed E-state index contributed by atoms with van der Waals surface area (Å²) in [6.45, 7) is 2.17. The minimum absolute atomic E-state index is 0.150. The molecule has 166 valence electrons. The van der Waals surface area contributed by atoms with Crippen LogP contribution >= 0.6 is 11.3 Å². The lowest BCUT2D eigenvalue weighted by molar-refractivity contribution is 0.1000. The van der Waals surface area contributed by atoms with Crippen molar-refractivity contribution in [3.8, 4) is 0 Å². The van der Waals surface area contributed by atoms with E-state index in [-0.39, 0.29) is 4.90 Å². The first kappa shape index (κ1) is 22.0. The third kappa shape index (κ3) is 4.53. The predicted molar refractivity (Wildman–Crippen MR) is 126 cm³/mol. The number of benzene rings is 2. The number of nitrogens with two attached hydrogens (primary N) is 1. The Balaban J connectivity index is 1.51.